The molecule has 1 saturated heterocycles. The van der Waals surface area contributed by atoms with Gasteiger partial charge < -0.3 is 14.5 Å². The summed E-state index contributed by atoms with van der Waals surface area (Å²) >= 11 is 0. The highest BCUT2D eigenvalue weighted by molar-refractivity contribution is 5.81. The third-order valence-electron chi connectivity index (χ3n) is 3.59. The number of carbonyl (C=O) groups excluding carboxylic acids is 1. The Kier molecular flexibility index (Phi) is 4.46. The van der Waals surface area contributed by atoms with Gasteiger partial charge in [-0.2, -0.15) is 5.26 Å². The van der Waals surface area contributed by atoms with Crippen molar-refractivity contribution in [2.75, 3.05) is 38.2 Å². The molecule has 0 aliphatic carbocycles. The minimum Gasteiger partial charge on any atom is -0.497 e. The molecule has 1 fully saturated rings. The number of nitrogens with zero attached hydrogens (tertiary/aromatic N) is 3. The largest absolute Gasteiger partial charge is 0.497 e. The average molecular weight is 273 g/mol. The van der Waals surface area contributed by atoms with Crippen molar-refractivity contribution < 1.29 is 9.53 Å². The number of hydrogen-bond acceptors (Lipinski definition) is 4. The van der Waals surface area contributed by atoms with Crippen LogP contribution < -0.4 is 9.64 Å². The fourth-order valence-electron chi connectivity index (χ4n) is 2.31. The van der Waals surface area contributed by atoms with Gasteiger partial charge in [-0.25, -0.2) is 0 Å². The summed E-state index contributed by atoms with van der Waals surface area (Å²) in [4.78, 5) is 15.9. The molecule has 20 heavy (non-hydrogen) atoms. The molecule has 1 aliphatic heterocycles. The molecule has 0 bridgehead atoms. The molecule has 106 valence electrons. The number of benzene rings is 1. The maximum atomic E-state index is 11.9. The van der Waals surface area contributed by atoms with Crippen molar-refractivity contribution in [2.24, 2.45) is 5.92 Å². The molecule has 5 heteroatoms. The first kappa shape index (κ1) is 14.2. The van der Waals surface area contributed by atoms with E-state index >= 15 is 0 Å². The van der Waals surface area contributed by atoms with Gasteiger partial charge in [0.1, 0.15) is 11.7 Å². The lowest BCUT2D eigenvalue weighted by Gasteiger charge is -2.36. The lowest BCUT2D eigenvalue weighted by molar-refractivity contribution is -0.133. The first-order valence-corrected chi connectivity index (χ1v) is 6.73. The van der Waals surface area contributed by atoms with Crippen molar-refractivity contribution in [3.8, 4) is 11.8 Å². The molecule has 1 atom stereocenters. The van der Waals surface area contributed by atoms with Crippen LogP contribution in [-0.4, -0.2) is 44.1 Å². The van der Waals surface area contributed by atoms with Crippen LogP contribution in [0, 0.1) is 17.2 Å². The molecular formula is C15H19N3O2. The quantitative estimate of drug-likeness (QED) is 0.837. The molecule has 0 N–H and O–H groups in total. The van der Waals surface area contributed by atoms with Crippen LogP contribution in [-0.2, 0) is 4.79 Å². The van der Waals surface area contributed by atoms with Gasteiger partial charge in [0, 0.05) is 31.9 Å². The normalized spacial score (nSPS) is 16.4. The van der Waals surface area contributed by atoms with Crippen molar-refractivity contribution in [3.63, 3.8) is 0 Å². The standard InChI is InChI=1S/C15H19N3O2/c1-12(11-16)15(19)18-9-7-17(8-10-18)13-3-5-14(20-2)6-4-13/h3-6,12H,7-10H2,1-2H3. The van der Waals surface area contributed by atoms with E-state index in [2.05, 4.69) is 4.90 Å². The fraction of sp³-hybridized carbons (Fsp3) is 0.467. The third-order valence-corrected chi connectivity index (χ3v) is 3.59. The summed E-state index contributed by atoms with van der Waals surface area (Å²) in [7, 11) is 1.65. The Morgan fingerprint density at radius 3 is 2.35 bits per heavy atom. The first-order valence-electron chi connectivity index (χ1n) is 6.73. The Balaban J connectivity index is 1.94. The highest BCUT2D eigenvalue weighted by Crippen LogP contribution is 2.20. The van der Waals surface area contributed by atoms with Crippen molar-refractivity contribution in [3.05, 3.63) is 24.3 Å². The van der Waals surface area contributed by atoms with E-state index in [9.17, 15) is 4.79 Å². The van der Waals surface area contributed by atoms with E-state index in [0.717, 1.165) is 24.5 Å². The second kappa shape index (κ2) is 6.29. The number of anilines is 1. The van der Waals surface area contributed by atoms with Crippen LogP contribution >= 0.6 is 0 Å². The van der Waals surface area contributed by atoms with Crippen LogP contribution in [0.1, 0.15) is 6.92 Å². The van der Waals surface area contributed by atoms with Gasteiger partial charge in [-0.05, 0) is 31.2 Å². The first-order chi connectivity index (χ1) is 9.65. The van der Waals surface area contributed by atoms with Crippen molar-refractivity contribution in [1.82, 2.24) is 4.90 Å². The Morgan fingerprint density at radius 1 is 1.25 bits per heavy atom. The van der Waals surface area contributed by atoms with Gasteiger partial charge in [0.25, 0.3) is 0 Å². The van der Waals surface area contributed by atoms with E-state index in [4.69, 9.17) is 10.00 Å². The number of rotatable bonds is 3. The Bertz CT molecular complexity index is 499. The van der Waals surface area contributed by atoms with Crippen molar-refractivity contribution in [1.29, 1.82) is 5.26 Å². The minimum absolute atomic E-state index is 0.0677. The third kappa shape index (κ3) is 3.02. The minimum atomic E-state index is -0.553. The van der Waals surface area contributed by atoms with Gasteiger partial charge in [-0.1, -0.05) is 0 Å². The van der Waals surface area contributed by atoms with Gasteiger partial charge in [0.2, 0.25) is 5.91 Å². The van der Waals surface area contributed by atoms with Gasteiger partial charge in [0.15, 0.2) is 0 Å². The number of nitriles is 1. The van der Waals surface area contributed by atoms with Gasteiger partial charge in [-0.15, -0.1) is 0 Å². The van der Waals surface area contributed by atoms with Crippen LogP contribution in [0.15, 0.2) is 24.3 Å². The molecule has 1 heterocycles. The second-order valence-corrected chi connectivity index (χ2v) is 4.86. The maximum absolute atomic E-state index is 11.9. The van der Waals surface area contributed by atoms with Crippen molar-refractivity contribution >= 4 is 11.6 Å². The summed E-state index contributed by atoms with van der Waals surface area (Å²) in [6, 6.07) is 9.91. The zero-order valence-corrected chi connectivity index (χ0v) is 11.9. The SMILES string of the molecule is COc1ccc(N2CCN(C(=O)C(C)C#N)CC2)cc1. The summed E-state index contributed by atoms with van der Waals surface area (Å²) in [5.74, 6) is 0.217. The van der Waals surface area contributed by atoms with E-state index in [0.29, 0.717) is 13.1 Å². The molecule has 1 aromatic carbocycles. The number of hydrogen-bond donors (Lipinski definition) is 0. The molecule has 5 nitrogen and oxygen atoms in total. The second-order valence-electron chi connectivity index (χ2n) is 4.86. The molecule has 1 aromatic rings. The number of ether oxygens (including phenoxy) is 1. The molecular weight excluding hydrogens is 254 g/mol. The lowest BCUT2D eigenvalue weighted by Crippen LogP contribution is -2.50. The number of piperazine rings is 1. The smallest absolute Gasteiger partial charge is 0.239 e. The van der Waals surface area contributed by atoms with Crippen LogP contribution in [0.3, 0.4) is 0 Å². The summed E-state index contributed by atoms with van der Waals surface area (Å²) in [6.07, 6.45) is 0. The summed E-state index contributed by atoms with van der Waals surface area (Å²) in [5.41, 5.74) is 1.13. The van der Waals surface area contributed by atoms with Crippen LogP contribution in [0.5, 0.6) is 5.75 Å². The highest BCUT2D eigenvalue weighted by atomic mass is 16.5. The Labute approximate surface area is 119 Å². The lowest BCUT2D eigenvalue weighted by atomic mass is 10.1. The topological polar surface area (TPSA) is 56.6 Å². The van der Waals surface area contributed by atoms with E-state index < -0.39 is 5.92 Å². The van der Waals surface area contributed by atoms with E-state index in [1.807, 2.05) is 30.3 Å². The summed E-state index contributed by atoms with van der Waals surface area (Å²) < 4.78 is 5.14. The monoisotopic (exact) mass is 273 g/mol. The maximum Gasteiger partial charge on any atom is 0.239 e. The predicted molar refractivity (Wildman–Crippen MR) is 76.6 cm³/mol. The zero-order chi connectivity index (χ0) is 14.5. The zero-order valence-electron chi connectivity index (χ0n) is 11.9. The van der Waals surface area contributed by atoms with Crippen LogP contribution in [0.4, 0.5) is 5.69 Å². The molecule has 2 rings (SSSR count). The highest BCUT2D eigenvalue weighted by Gasteiger charge is 2.24. The molecule has 1 unspecified atom stereocenters. The predicted octanol–water partition coefficient (Wildman–Crippen LogP) is 1.50. The summed E-state index contributed by atoms with van der Waals surface area (Å²) in [5, 5.41) is 8.80. The van der Waals surface area contributed by atoms with Crippen LogP contribution in [0.2, 0.25) is 0 Å². The van der Waals surface area contributed by atoms with E-state index in [1.165, 1.54) is 0 Å². The van der Waals surface area contributed by atoms with E-state index in [1.54, 1.807) is 18.9 Å². The Morgan fingerprint density at radius 2 is 1.85 bits per heavy atom. The van der Waals surface area contributed by atoms with Gasteiger partial charge in [-0.3, -0.25) is 4.79 Å². The Hall–Kier alpha value is -2.22. The fourth-order valence-corrected chi connectivity index (χ4v) is 2.31. The van der Waals surface area contributed by atoms with Crippen LogP contribution in [0.25, 0.3) is 0 Å². The average Bonchev–Trinajstić information content (AvgIpc) is 2.53. The molecule has 0 radical (unpaired) electrons. The molecule has 0 aromatic heterocycles. The molecule has 1 aliphatic rings. The molecule has 0 spiro atoms. The number of methoxy groups -OCH3 is 1. The van der Waals surface area contributed by atoms with E-state index in [-0.39, 0.29) is 5.91 Å². The number of carbonyl (C=O) groups is 1. The summed E-state index contributed by atoms with van der Waals surface area (Å²) in [6.45, 7) is 4.55. The number of amides is 1. The molecule has 1 amide bonds. The van der Waals surface area contributed by atoms with Gasteiger partial charge >= 0.3 is 0 Å². The molecule has 0 saturated carbocycles. The van der Waals surface area contributed by atoms with Gasteiger partial charge in [0.05, 0.1) is 13.2 Å². The van der Waals surface area contributed by atoms with Crippen molar-refractivity contribution in [2.45, 2.75) is 6.92 Å².